The van der Waals surface area contributed by atoms with Crippen LogP contribution < -0.4 is 0 Å². The Bertz CT molecular complexity index is 991. The molecule has 0 amide bonds. The number of hydrogen-bond donors (Lipinski definition) is 0. The molecule has 0 aromatic heterocycles. The van der Waals surface area contributed by atoms with Gasteiger partial charge in [0.1, 0.15) is 0 Å². The highest BCUT2D eigenvalue weighted by molar-refractivity contribution is 5.47. The van der Waals surface area contributed by atoms with Crippen LogP contribution in [0.1, 0.15) is 58.3 Å². The highest BCUT2D eigenvalue weighted by atomic mass is 15.2. The Morgan fingerprint density at radius 1 is 0.786 bits per heavy atom. The maximum atomic E-state index is 8.86. The van der Waals surface area contributed by atoms with E-state index in [0.717, 1.165) is 47.9 Å². The third-order valence-electron chi connectivity index (χ3n) is 5.10. The molecule has 8 heteroatoms. The van der Waals surface area contributed by atoms with Crippen LogP contribution in [0, 0.1) is 22.7 Å². The molecule has 2 aromatic carbocycles. The van der Waals surface area contributed by atoms with Crippen molar-refractivity contribution < 1.29 is 0 Å². The Balaban J connectivity index is 0.000000161. The fourth-order valence-corrected chi connectivity index (χ4v) is 3.84. The first-order valence-electron chi connectivity index (χ1n) is 8.85. The number of azide groups is 2. The van der Waals surface area contributed by atoms with E-state index in [1.165, 1.54) is 0 Å². The van der Waals surface area contributed by atoms with Gasteiger partial charge in [-0.25, -0.2) is 0 Å². The van der Waals surface area contributed by atoms with Crippen LogP contribution in [0.2, 0.25) is 0 Å². The van der Waals surface area contributed by atoms with Gasteiger partial charge in [0.2, 0.25) is 0 Å². The maximum absolute atomic E-state index is 8.86. The minimum atomic E-state index is -0.0803. The molecule has 2 atom stereocenters. The summed E-state index contributed by atoms with van der Waals surface area (Å²) in [5, 5.41) is 25.2. The van der Waals surface area contributed by atoms with E-state index in [9.17, 15) is 0 Å². The molecule has 0 spiro atoms. The van der Waals surface area contributed by atoms with Crippen LogP contribution in [0.25, 0.3) is 20.9 Å². The van der Waals surface area contributed by atoms with Gasteiger partial charge in [-0.2, -0.15) is 10.5 Å². The van der Waals surface area contributed by atoms with E-state index in [4.69, 9.17) is 21.6 Å². The summed E-state index contributed by atoms with van der Waals surface area (Å²) in [5.74, 6) is 0. The Morgan fingerprint density at radius 2 is 1.21 bits per heavy atom. The lowest BCUT2D eigenvalue weighted by molar-refractivity contribution is 0.707. The van der Waals surface area contributed by atoms with E-state index < -0.39 is 0 Å². The van der Waals surface area contributed by atoms with Crippen molar-refractivity contribution in [1.29, 1.82) is 10.5 Å². The van der Waals surface area contributed by atoms with Crippen molar-refractivity contribution >= 4 is 0 Å². The first kappa shape index (κ1) is 18.8. The number of fused-ring (bicyclic) bond motifs is 2. The normalized spacial score (nSPS) is 18.1. The van der Waals surface area contributed by atoms with Crippen LogP contribution in [0.15, 0.2) is 46.6 Å². The second kappa shape index (κ2) is 8.62. The SMILES string of the molecule is N#Cc1cccc2c1CCC2N=[N+]=[N-].N#Cc1cccc2c1CCC2N=[N+]=[N-]. The molecule has 0 aliphatic heterocycles. The lowest BCUT2D eigenvalue weighted by atomic mass is 10.0. The van der Waals surface area contributed by atoms with Gasteiger partial charge in [0, 0.05) is 9.82 Å². The van der Waals surface area contributed by atoms with Crippen molar-refractivity contribution in [2.45, 2.75) is 37.8 Å². The first-order valence-corrected chi connectivity index (χ1v) is 8.85. The second-order valence-electron chi connectivity index (χ2n) is 6.49. The molecule has 0 saturated heterocycles. The molecular formula is C20H16N8. The predicted molar refractivity (Wildman–Crippen MR) is 103 cm³/mol. The number of nitriles is 2. The maximum Gasteiger partial charge on any atom is 0.0994 e. The second-order valence-corrected chi connectivity index (χ2v) is 6.49. The standard InChI is InChI=1S/2C10H8N4/c2*11-6-7-2-1-3-9-8(7)4-5-10(9)13-14-12/h2*1-3,10H,4-5H2. The van der Waals surface area contributed by atoms with Gasteiger partial charge in [-0.1, -0.05) is 34.5 Å². The lowest BCUT2D eigenvalue weighted by Gasteiger charge is -2.03. The molecule has 4 rings (SSSR count). The van der Waals surface area contributed by atoms with Crippen molar-refractivity contribution in [1.82, 2.24) is 0 Å². The predicted octanol–water partition coefficient (Wildman–Crippen LogP) is 5.71. The Morgan fingerprint density at radius 3 is 1.57 bits per heavy atom. The quantitative estimate of drug-likeness (QED) is 0.379. The lowest BCUT2D eigenvalue weighted by Crippen LogP contribution is -1.89. The molecule has 0 heterocycles. The zero-order valence-electron chi connectivity index (χ0n) is 15.0. The van der Waals surface area contributed by atoms with Gasteiger partial charge in [-0.15, -0.1) is 0 Å². The summed E-state index contributed by atoms with van der Waals surface area (Å²) >= 11 is 0. The summed E-state index contributed by atoms with van der Waals surface area (Å²) in [7, 11) is 0. The zero-order chi connectivity index (χ0) is 19.9. The van der Waals surface area contributed by atoms with Gasteiger partial charge in [-0.3, -0.25) is 0 Å². The summed E-state index contributed by atoms with van der Waals surface area (Å²) in [6.45, 7) is 0. The molecule has 2 aliphatic rings. The minimum absolute atomic E-state index is 0.0803. The molecule has 0 fully saturated rings. The van der Waals surface area contributed by atoms with E-state index in [1.807, 2.05) is 24.3 Å². The van der Waals surface area contributed by atoms with E-state index in [1.54, 1.807) is 12.1 Å². The molecule has 136 valence electrons. The smallest absolute Gasteiger partial charge is 0.0994 e. The molecule has 8 nitrogen and oxygen atoms in total. The Hall–Kier alpha value is -3.96. The zero-order valence-corrected chi connectivity index (χ0v) is 15.0. The van der Waals surface area contributed by atoms with Crippen molar-refractivity contribution in [3.63, 3.8) is 0 Å². The third-order valence-corrected chi connectivity index (χ3v) is 5.10. The summed E-state index contributed by atoms with van der Waals surface area (Å²) in [5.41, 5.74) is 22.3. The van der Waals surface area contributed by atoms with Crippen LogP contribution in [-0.4, -0.2) is 0 Å². The van der Waals surface area contributed by atoms with E-state index >= 15 is 0 Å². The largest absolute Gasteiger partial charge is 0.192 e. The summed E-state index contributed by atoms with van der Waals surface area (Å²) in [6, 6.07) is 15.3. The Kier molecular flexibility index (Phi) is 5.79. The fourth-order valence-electron chi connectivity index (χ4n) is 3.84. The van der Waals surface area contributed by atoms with Crippen molar-refractivity contribution in [3.8, 4) is 12.1 Å². The highest BCUT2D eigenvalue weighted by Crippen LogP contribution is 2.36. The molecule has 28 heavy (non-hydrogen) atoms. The van der Waals surface area contributed by atoms with Crippen LogP contribution >= 0.6 is 0 Å². The number of hydrogen-bond acceptors (Lipinski definition) is 4. The first-order chi connectivity index (χ1) is 13.7. The molecule has 0 N–H and O–H groups in total. The molecule has 2 aromatic rings. The molecule has 2 unspecified atom stereocenters. The van der Waals surface area contributed by atoms with Gasteiger partial charge in [0.05, 0.1) is 35.3 Å². The van der Waals surface area contributed by atoms with Crippen LogP contribution in [0.3, 0.4) is 0 Å². The molecule has 0 radical (unpaired) electrons. The third kappa shape index (κ3) is 3.60. The minimum Gasteiger partial charge on any atom is -0.192 e. The molecule has 0 saturated carbocycles. The van der Waals surface area contributed by atoms with Crippen molar-refractivity contribution in [3.05, 3.63) is 90.7 Å². The average Bonchev–Trinajstić information content (AvgIpc) is 3.33. The van der Waals surface area contributed by atoms with Gasteiger partial charge >= 0.3 is 0 Å². The van der Waals surface area contributed by atoms with E-state index in [0.29, 0.717) is 11.1 Å². The summed E-state index contributed by atoms with van der Waals surface area (Å²) in [4.78, 5) is 5.63. The number of benzene rings is 2. The van der Waals surface area contributed by atoms with Gasteiger partial charge in [0.15, 0.2) is 0 Å². The number of nitrogens with zero attached hydrogens (tertiary/aromatic N) is 8. The van der Waals surface area contributed by atoms with Crippen LogP contribution in [0.4, 0.5) is 0 Å². The number of rotatable bonds is 2. The average molecular weight is 368 g/mol. The van der Waals surface area contributed by atoms with Gasteiger partial charge in [0.25, 0.3) is 0 Å². The van der Waals surface area contributed by atoms with E-state index in [-0.39, 0.29) is 12.1 Å². The highest BCUT2D eigenvalue weighted by Gasteiger charge is 2.24. The fraction of sp³-hybridized carbons (Fsp3) is 0.300. The Labute approximate surface area is 161 Å². The summed E-state index contributed by atoms with van der Waals surface area (Å²) in [6.07, 6.45) is 3.31. The molecule has 2 aliphatic carbocycles. The van der Waals surface area contributed by atoms with Crippen LogP contribution in [-0.2, 0) is 12.8 Å². The monoisotopic (exact) mass is 368 g/mol. The van der Waals surface area contributed by atoms with Crippen molar-refractivity contribution in [2.75, 3.05) is 0 Å². The summed E-state index contributed by atoms with van der Waals surface area (Å²) < 4.78 is 0. The van der Waals surface area contributed by atoms with E-state index in [2.05, 4.69) is 32.2 Å². The molecular weight excluding hydrogens is 352 g/mol. The molecule has 0 bridgehead atoms. The van der Waals surface area contributed by atoms with Gasteiger partial charge in [-0.05, 0) is 71.1 Å². The van der Waals surface area contributed by atoms with Crippen molar-refractivity contribution in [2.24, 2.45) is 10.2 Å². The van der Waals surface area contributed by atoms with Gasteiger partial charge < -0.3 is 0 Å². The van der Waals surface area contributed by atoms with Crippen LogP contribution in [0.5, 0.6) is 0 Å². The topological polar surface area (TPSA) is 145 Å².